The van der Waals surface area contributed by atoms with Crippen molar-refractivity contribution in [1.82, 2.24) is 4.90 Å². The Hall–Kier alpha value is -1.75. The van der Waals surface area contributed by atoms with Gasteiger partial charge >= 0.3 is 0 Å². The summed E-state index contributed by atoms with van der Waals surface area (Å²) in [6.07, 6.45) is 0. The summed E-state index contributed by atoms with van der Waals surface area (Å²) in [5.74, 6) is 1.07. The number of likely N-dealkylation sites (N-methyl/N-ethyl adjacent to an activating group) is 1. The molecule has 1 rings (SSSR count). The number of amidine groups is 1. The predicted molar refractivity (Wildman–Crippen MR) is 67.5 cm³/mol. The van der Waals surface area contributed by atoms with Gasteiger partial charge in [0.1, 0.15) is 12.4 Å². The monoisotopic (exact) mass is 237 g/mol. The molecule has 0 heterocycles. The van der Waals surface area contributed by atoms with Crippen molar-refractivity contribution in [3.63, 3.8) is 0 Å². The highest BCUT2D eigenvalue weighted by Crippen LogP contribution is 2.07. The zero-order chi connectivity index (χ0) is 12.5. The largest absolute Gasteiger partial charge is 0.492 e. The van der Waals surface area contributed by atoms with Gasteiger partial charge in [-0.3, -0.25) is 4.90 Å². The summed E-state index contributed by atoms with van der Waals surface area (Å²) < 4.78 is 5.57. The molecule has 1 aromatic rings. The first-order valence-corrected chi connectivity index (χ1v) is 5.63. The molecule has 0 aliphatic heterocycles. The van der Waals surface area contributed by atoms with Gasteiger partial charge in [0.05, 0.1) is 6.54 Å². The molecule has 0 saturated carbocycles. The third kappa shape index (κ3) is 5.21. The summed E-state index contributed by atoms with van der Waals surface area (Å²) in [6.45, 7) is 4.62. The molecule has 17 heavy (non-hydrogen) atoms. The highest BCUT2D eigenvalue weighted by atomic mass is 16.5. The van der Waals surface area contributed by atoms with E-state index in [9.17, 15) is 0 Å². The Balaban J connectivity index is 2.29. The Labute approximate surface area is 101 Å². The summed E-state index contributed by atoms with van der Waals surface area (Å²) >= 11 is 0. The molecule has 0 aliphatic rings. The van der Waals surface area contributed by atoms with E-state index >= 15 is 0 Å². The van der Waals surface area contributed by atoms with Crippen LogP contribution in [0.3, 0.4) is 0 Å². The van der Waals surface area contributed by atoms with E-state index < -0.39 is 0 Å². The number of nitrogens with zero attached hydrogens (tertiary/aromatic N) is 2. The van der Waals surface area contributed by atoms with Crippen molar-refractivity contribution in [2.45, 2.75) is 6.92 Å². The minimum Gasteiger partial charge on any atom is -0.492 e. The van der Waals surface area contributed by atoms with E-state index in [0.29, 0.717) is 13.2 Å². The van der Waals surface area contributed by atoms with Crippen molar-refractivity contribution in [2.24, 2.45) is 10.9 Å². The summed E-state index contributed by atoms with van der Waals surface area (Å²) in [4.78, 5) is 2.04. The van der Waals surface area contributed by atoms with Crippen LogP contribution >= 0.6 is 0 Å². The predicted octanol–water partition coefficient (Wildman–Crippen LogP) is 1.13. The van der Waals surface area contributed by atoms with Crippen molar-refractivity contribution >= 4 is 5.84 Å². The lowest BCUT2D eigenvalue weighted by atomic mass is 10.3. The molecule has 0 aliphatic carbocycles. The molecule has 0 aromatic heterocycles. The molecule has 0 fully saturated rings. The van der Waals surface area contributed by atoms with Gasteiger partial charge in [-0.25, -0.2) is 0 Å². The van der Waals surface area contributed by atoms with Crippen LogP contribution in [0.25, 0.3) is 0 Å². The fourth-order valence-corrected chi connectivity index (χ4v) is 1.42. The molecule has 5 nitrogen and oxygen atoms in total. The minimum absolute atomic E-state index is 0.214. The highest BCUT2D eigenvalue weighted by molar-refractivity contribution is 5.81. The fraction of sp³-hybridized carbons (Fsp3) is 0.417. The normalized spacial score (nSPS) is 11.8. The second-order valence-corrected chi connectivity index (χ2v) is 3.62. The number of hydrogen-bond acceptors (Lipinski definition) is 4. The lowest BCUT2D eigenvalue weighted by molar-refractivity contribution is 0.230. The van der Waals surface area contributed by atoms with Gasteiger partial charge in [0.25, 0.3) is 0 Å². The molecule has 1 aromatic carbocycles. The average molecular weight is 237 g/mol. The van der Waals surface area contributed by atoms with E-state index in [2.05, 4.69) is 5.16 Å². The minimum atomic E-state index is 0.214. The second kappa shape index (κ2) is 7.51. The van der Waals surface area contributed by atoms with Gasteiger partial charge in [0, 0.05) is 6.54 Å². The van der Waals surface area contributed by atoms with E-state index in [4.69, 9.17) is 15.7 Å². The van der Waals surface area contributed by atoms with Crippen LogP contribution in [-0.2, 0) is 0 Å². The second-order valence-electron chi connectivity index (χ2n) is 3.62. The maximum absolute atomic E-state index is 8.49. The summed E-state index contributed by atoms with van der Waals surface area (Å²) in [6, 6.07) is 9.65. The molecule has 0 bridgehead atoms. The number of nitrogens with two attached hydrogens (primary N) is 1. The Bertz CT molecular complexity index is 341. The Morgan fingerprint density at radius 1 is 1.41 bits per heavy atom. The summed E-state index contributed by atoms with van der Waals surface area (Å²) in [5.41, 5.74) is 5.45. The standard InChI is InChI=1S/C12H19N3O2/c1-2-15(10-12(13)14-16)8-9-17-11-6-4-3-5-7-11/h3-7,16H,2,8-10H2,1H3,(H2,13,14). The van der Waals surface area contributed by atoms with Crippen molar-refractivity contribution < 1.29 is 9.94 Å². The van der Waals surface area contributed by atoms with E-state index in [0.717, 1.165) is 18.8 Å². The van der Waals surface area contributed by atoms with Gasteiger partial charge < -0.3 is 15.7 Å². The van der Waals surface area contributed by atoms with Crippen LogP contribution in [0.4, 0.5) is 0 Å². The number of oxime groups is 1. The molecule has 5 heteroatoms. The Morgan fingerprint density at radius 3 is 2.71 bits per heavy atom. The Morgan fingerprint density at radius 2 is 2.12 bits per heavy atom. The van der Waals surface area contributed by atoms with Crippen molar-refractivity contribution in [3.05, 3.63) is 30.3 Å². The third-order valence-corrected chi connectivity index (χ3v) is 2.38. The molecule has 0 spiro atoms. The van der Waals surface area contributed by atoms with Crippen LogP contribution in [-0.4, -0.2) is 42.2 Å². The third-order valence-electron chi connectivity index (χ3n) is 2.38. The zero-order valence-electron chi connectivity index (χ0n) is 10.0. The van der Waals surface area contributed by atoms with Gasteiger partial charge in [-0.2, -0.15) is 0 Å². The topological polar surface area (TPSA) is 71.1 Å². The van der Waals surface area contributed by atoms with Crippen molar-refractivity contribution in [1.29, 1.82) is 0 Å². The summed E-state index contributed by atoms with van der Waals surface area (Å²) in [5, 5.41) is 11.4. The maximum Gasteiger partial charge on any atom is 0.153 e. The lowest BCUT2D eigenvalue weighted by Crippen LogP contribution is -2.36. The first-order valence-electron chi connectivity index (χ1n) is 5.63. The molecule has 0 unspecified atom stereocenters. The molecule has 0 amide bonds. The van der Waals surface area contributed by atoms with Crippen LogP contribution in [0.5, 0.6) is 5.75 Å². The first kappa shape index (κ1) is 13.3. The van der Waals surface area contributed by atoms with E-state index in [1.807, 2.05) is 42.2 Å². The number of rotatable bonds is 7. The van der Waals surface area contributed by atoms with Gasteiger partial charge in [-0.1, -0.05) is 30.3 Å². The van der Waals surface area contributed by atoms with Gasteiger partial charge in [0.2, 0.25) is 0 Å². The van der Waals surface area contributed by atoms with E-state index in [1.165, 1.54) is 0 Å². The maximum atomic E-state index is 8.49. The van der Waals surface area contributed by atoms with Crippen LogP contribution in [0.1, 0.15) is 6.92 Å². The fourth-order valence-electron chi connectivity index (χ4n) is 1.42. The van der Waals surface area contributed by atoms with Gasteiger partial charge in [0.15, 0.2) is 5.84 Å². The van der Waals surface area contributed by atoms with Crippen LogP contribution in [0.15, 0.2) is 35.5 Å². The van der Waals surface area contributed by atoms with E-state index in [-0.39, 0.29) is 5.84 Å². The molecule has 3 N–H and O–H groups in total. The molecule has 0 atom stereocenters. The quantitative estimate of drug-likeness (QED) is 0.323. The first-order chi connectivity index (χ1) is 8.26. The summed E-state index contributed by atoms with van der Waals surface area (Å²) in [7, 11) is 0. The van der Waals surface area contributed by atoms with Crippen LogP contribution in [0.2, 0.25) is 0 Å². The molecular weight excluding hydrogens is 218 g/mol. The molecular formula is C12H19N3O2. The van der Waals surface area contributed by atoms with Crippen LogP contribution in [0, 0.1) is 0 Å². The van der Waals surface area contributed by atoms with Gasteiger partial charge in [-0.15, -0.1) is 0 Å². The zero-order valence-corrected chi connectivity index (χ0v) is 10.0. The van der Waals surface area contributed by atoms with Crippen molar-refractivity contribution in [2.75, 3.05) is 26.2 Å². The highest BCUT2D eigenvalue weighted by Gasteiger charge is 2.05. The molecule has 0 radical (unpaired) electrons. The Kier molecular flexibility index (Phi) is 5.88. The SMILES string of the molecule is CCN(CCOc1ccccc1)CC(N)=NO. The van der Waals surface area contributed by atoms with Gasteiger partial charge in [-0.05, 0) is 18.7 Å². The number of benzene rings is 1. The smallest absolute Gasteiger partial charge is 0.153 e. The lowest BCUT2D eigenvalue weighted by Gasteiger charge is -2.19. The number of para-hydroxylation sites is 1. The molecule has 94 valence electrons. The van der Waals surface area contributed by atoms with E-state index in [1.54, 1.807) is 0 Å². The number of ether oxygens (including phenoxy) is 1. The molecule has 0 saturated heterocycles. The average Bonchev–Trinajstić information content (AvgIpc) is 2.38. The van der Waals surface area contributed by atoms with Crippen molar-refractivity contribution in [3.8, 4) is 5.75 Å². The number of hydrogen-bond donors (Lipinski definition) is 2. The van der Waals surface area contributed by atoms with Crippen LogP contribution < -0.4 is 10.5 Å².